The summed E-state index contributed by atoms with van der Waals surface area (Å²) in [5.41, 5.74) is 3.44. The standard InChI is InChI=1S/C10H8F3N3O3/c11-10(12,13)6-2-4(17)1-5(8(6)18)9-15-7(3-14)19-16-9/h1-2,17-18H,3,14H2. The van der Waals surface area contributed by atoms with Crippen LogP contribution in [0.5, 0.6) is 11.5 Å². The van der Waals surface area contributed by atoms with Crippen molar-refractivity contribution in [3.63, 3.8) is 0 Å². The maximum atomic E-state index is 12.6. The number of alkyl halides is 3. The van der Waals surface area contributed by atoms with E-state index in [2.05, 4.69) is 14.7 Å². The van der Waals surface area contributed by atoms with Gasteiger partial charge in [0.2, 0.25) is 11.7 Å². The zero-order valence-corrected chi connectivity index (χ0v) is 9.27. The number of benzene rings is 1. The molecular weight excluding hydrogens is 267 g/mol. The molecule has 2 rings (SSSR count). The van der Waals surface area contributed by atoms with Crippen LogP contribution in [0.25, 0.3) is 11.4 Å². The number of aromatic nitrogens is 2. The van der Waals surface area contributed by atoms with Crippen molar-refractivity contribution in [2.24, 2.45) is 5.73 Å². The van der Waals surface area contributed by atoms with Crippen molar-refractivity contribution in [3.8, 4) is 22.9 Å². The highest BCUT2D eigenvalue weighted by Gasteiger charge is 2.36. The highest BCUT2D eigenvalue weighted by Crippen LogP contribution is 2.42. The maximum absolute atomic E-state index is 12.6. The maximum Gasteiger partial charge on any atom is 0.420 e. The Morgan fingerprint density at radius 1 is 1.26 bits per heavy atom. The zero-order chi connectivity index (χ0) is 14.2. The van der Waals surface area contributed by atoms with Crippen molar-refractivity contribution >= 4 is 0 Å². The average molecular weight is 275 g/mol. The van der Waals surface area contributed by atoms with Gasteiger partial charge in [-0.25, -0.2) is 0 Å². The first kappa shape index (κ1) is 13.1. The van der Waals surface area contributed by atoms with Gasteiger partial charge < -0.3 is 20.5 Å². The molecule has 0 atom stereocenters. The molecule has 0 bridgehead atoms. The summed E-state index contributed by atoms with van der Waals surface area (Å²) < 4.78 is 42.5. The highest BCUT2D eigenvalue weighted by molar-refractivity contribution is 5.68. The third-order valence-electron chi connectivity index (χ3n) is 2.28. The lowest BCUT2D eigenvalue weighted by Gasteiger charge is -2.11. The number of nitrogens with two attached hydrogens (primary N) is 1. The van der Waals surface area contributed by atoms with Crippen LogP contribution in [0.15, 0.2) is 16.7 Å². The van der Waals surface area contributed by atoms with Crippen molar-refractivity contribution in [1.82, 2.24) is 10.1 Å². The van der Waals surface area contributed by atoms with Crippen LogP contribution in [0.1, 0.15) is 11.5 Å². The molecule has 0 aliphatic heterocycles. The summed E-state index contributed by atoms with van der Waals surface area (Å²) in [6.45, 7) is -0.0985. The lowest BCUT2D eigenvalue weighted by Crippen LogP contribution is -2.06. The summed E-state index contributed by atoms with van der Waals surface area (Å²) in [5, 5.41) is 22.3. The minimum absolute atomic E-state index is 0.00805. The van der Waals surface area contributed by atoms with E-state index in [9.17, 15) is 23.4 Å². The predicted molar refractivity (Wildman–Crippen MR) is 56.0 cm³/mol. The Labute approximate surface area is 104 Å². The quantitative estimate of drug-likeness (QED) is 0.719. The van der Waals surface area contributed by atoms with E-state index in [0.29, 0.717) is 6.07 Å². The number of halogens is 3. The molecule has 6 nitrogen and oxygen atoms in total. The summed E-state index contributed by atoms with van der Waals surface area (Å²) in [7, 11) is 0. The second-order valence-electron chi connectivity index (χ2n) is 3.60. The Morgan fingerprint density at radius 3 is 2.47 bits per heavy atom. The zero-order valence-electron chi connectivity index (χ0n) is 9.27. The van der Waals surface area contributed by atoms with Crippen LogP contribution in [0, 0.1) is 0 Å². The average Bonchev–Trinajstić information content (AvgIpc) is 2.78. The van der Waals surface area contributed by atoms with Gasteiger partial charge in [-0.15, -0.1) is 0 Å². The molecule has 0 fully saturated rings. The monoisotopic (exact) mass is 275 g/mol. The van der Waals surface area contributed by atoms with Gasteiger partial charge in [0, 0.05) is 0 Å². The molecule has 0 aliphatic carbocycles. The van der Waals surface area contributed by atoms with Gasteiger partial charge in [-0.05, 0) is 12.1 Å². The second-order valence-corrected chi connectivity index (χ2v) is 3.60. The van der Waals surface area contributed by atoms with E-state index < -0.39 is 28.8 Å². The summed E-state index contributed by atoms with van der Waals surface area (Å²) in [4.78, 5) is 3.68. The first-order valence-corrected chi connectivity index (χ1v) is 4.99. The Hall–Kier alpha value is -2.29. The minimum Gasteiger partial charge on any atom is -0.508 e. The number of rotatable bonds is 2. The van der Waals surface area contributed by atoms with Crippen LogP contribution >= 0.6 is 0 Å². The molecule has 0 saturated heterocycles. The molecule has 102 valence electrons. The van der Waals surface area contributed by atoms with E-state index in [1.807, 2.05) is 0 Å². The van der Waals surface area contributed by atoms with E-state index in [1.165, 1.54) is 0 Å². The molecule has 1 aromatic carbocycles. The molecule has 0 saturated carbocycles. The first-order valence-electron chi connectivity index (χ1n) is 4.99. The number of nitrogens with zero attached hydrogens (tertiary/aromatic N) is 2. The highest BCUT2D eigenvalue weighted by atomic mass is 19.4. The third-order valence-corrected chi connectivity index (χ3v) is 2.28. The van der Waals surface area contributed by atoms with E-state index >= 15 is 0 Å². The van der Waals surface area contributed by atoms with Crippen molar-refractivity contribution < 1.29 is 27.9 Å². The second kappa shape index (κ2) is 4.43. The van der Waals surface area contributed by atoms with Crippen LogP contribution < -0.4 is 5.73 Å². The molecule has 0 aliphatic rings. The van der Waals surface area contributed by atoms with Gasteiger partial charge in [-0.3, -0.25) is 0 Å². The van der Waals surface area contributed by atoms with Gasteiger partial charge in [0.25, 0.3) is 0 Å². The predicted octanol–water partition coefficient (Wildman–Crippen LogP) is 1.63. The van der Waals surface area contributed by atoms with E-state index in [-0.39, 0.29) is 18.3 Å². The fourth-order valence-corrected chi connectivity index (χ4v) is 1.45. The number of hydrogen-bond acceptors (Lipinski definition) is 6. The smallest absolute Gasteiger partial charge is 0.420 e. The van der Waals surface area contributed by atoms with Gasteiger partial charge in [-0.2, -0.15) is 18.2 Å². The van der Waals surface area contributed by atoms with Gasteiger partial charge in [-0.1, -0.05) is 5.16 Å². The Morgan fingerprint density at radius 2 is 1.95 bits per heavy atom. The molecule has 1 heterocycles. The number of phenols is 2. The van der Waals surface area contributed by atoms with Crippen molar-refractivity contribution in [3.05, 3.63) is 23.6 Å². The van der Waals surface area contributed by atoms with Crippen molar-refractivity contribution in [1.29, 1.82) is 0 Å². The largest absolute Gasteiger partial charge is 0.508 e. The molecule has 2 aromatic rings. The van der Waals surface area contributed by atoms with Crippen LogP contribution in [0.3, 0.4) is 0 Å². The summed E-state index contributed by atoms with van der Waals surface area (Å²) >= 11 is 0. The first-order chi connectivity index (χ1) is 8.82. The fraction of sp³-hybridized carbons (Fsp3) is 0.200. The Bertz CT molecular complexity index is 610. The third kappa shape index (κ3) is 2.45. The van der Waals surface area contributed by atoms with E-state index in [0.717, 1.165) is 6.07 Å². The Balaban J connectivity index is 2.61. The number of aromatic hydroxyl groups is 2. The van der Waals surface area contributed by atoms with Crippen molar-refractivity contribution in [2.45, 2.75) is 12.7 Å². The summed E-state index contributed by atoms with van der Waals surface area (Å²) in [5.74, 6) is -2.07. The molecule has 9 heteroatoms. The fourth-order valence-electron chi connectivity index (χ4n) is 1.45. The number of phenolic OH excluding ortho intramolecular Hbond substituents is 2. The van der Waals surface area contributed by atoms with Crippen LogP contribution in [-0.4, -0.2) is 20.4 Å². The molecular formula is C10H8F3N3O3. The molecule has 4 N–H and O–H groups in total. The van der Waals surface area contributed by atoms with E-state index in [1.54, 1.807) is 0 Å². The lowest BCUT2D eigenvalue weighted by atomic mass is 10.1. The van der Waals surface area contributed by atoms with Gasteiger partial charge in [0.15, 0.2) is 0 Å². The lowest BCUT2D eigenvalue weighted by molar-refractivity contribution is -0.138. The molecule has 0 spiro atoms. The van der Waals surface area contributed by atoms with Gasteiger partial charge in [0.1, 0.15) is 17.1 Å². The summed E-state index contributed by atoms with van der Waals surface area (Å²) in [6.07, 6.45) is -4.82. The molecule has 0 unspecified atom stereocenters. The topological polar surface area (TPSA) is 105 Å². The van der Waals surface area contributed by atoms with Crippen molar-refractivity contribution in [2.75, 3.05) is 0 Å². The van der Waals surface area contributed by atoms with Crippen LogP contribution in [0.2, 0.25) is 0 Å². The molecule has 0 amide bonds. The van der Waals surface area contributed by atoms with Gasteiger partial charge >= 0.3 is 6.18 Å². The SMILES string of the molecule is NCc1nc(-c2cc(O)cc(C(F)(F)F)c2O)no1. The Kier molecular flexibility index (Phi) is 3.06. The van der Waals surface area contributed by atoms with E-state index in [4.69, 9.17) is 5.73 Å². The normalized spacial score (nSPS) is 11.8. The van der Waals surface area contributed by atoms with Crippen LogP contribution in [0.4, 0.5) is 13.2 Å². The molecule has 0 radical (unpaired) electrons. The molecule has 1 aromatic heterocycles. The molecule has 19 heavy (non-hydrogen) atoms. The summed E-state index contributed by atoms with van der Waals surface area (Å²) in [6, 6.07) is 1.30. The van der Waals surface area contributed by atoms with Crippen LogP contribution in [-0.2, 0) is 12.7 Å². The minimum atomic E-state index is -4.82. The van der Waals surface area contributed by atoms with Gasteiger partial charge in [0.05, 0.1) is 12.1 Å². The number of hydrogen-bond donors (Lipinski definition) is 3.